The predicted molar refractivity (Wildman–Crippen MR) is 58.3 cm³/mol. The van der Waals surface area contributed by atoms with E-state index >= 15 is 0 Å². The average Bonchev–Trinajstić information content (AvgIpc) is 2.65. The number of hydrogen-bond acceptors (Lipinski definition) is 1. The van der Waals surface area contributed by atoms with Gasteiger partial charge < -0.3 is 0 Å². The Morgan fingerprint density at radius 1 is 1.43 bits per heavy atom. The molecule has 0 bridgehead atoms. The first-order valence-electron chi connectivity index (χ1n) is 5.83. The van der Waals surface area contributed by atoms with Gasteiger partial charge in [-0.3, -0.25) is 4.68 Å². The van der Waals surface area contributed by atoms with Crippen molar-refractivity contribution in [3.63, 3.8) is 0 Å². The van der Waals surface area contributed by atoms with Crippen LogP contribution in [0.4, 0.5) is 0 Å². The Balaban J connectivity index is 2.14. The molecule has 0 aromatic carbocycles. The Morgan fingerprint density at radius 3 is 2.86 bits per heavy atom. The molecule has 1 aliphatic rings. The molecule has 2 rings (SSSR count). The second-order valence-electron chi connectivity index (χ2n) is 4.46. The van der Waals surface area contributed by atoms with Gasteiger partial charge in [-0.15, -0.1) is 0 Å². The number of nitrogens with zero attached hydrogens (tertiary/aromatic N) is 2. The molecule has 14 heavy (non-hydrogen) atoms. The molecule has 0 N–H and O–H groups in total. The maximum atomic E-state index is 4.55. The van der Waals surface area contributed by atoms with E-state index in [0.29, 0.717) is 6.04 Å². The SMILES string of the molecule is CCC1CCCCC1n1ccc(C)n1. The molecular formula is C12H20N2. The fourth-order valence-corrected chi connectivity index (χ4v) is 2.63. The molecule has 78 valence electrons. The first-order chi connectivity index (χ1) is 6.81. The fourth-order valence-electron chi connectivity index (χ4n) is 2.63. The van der Waals surface area contributed by atoms with Crippen LogP contribution in [0.1, 0.15) is 50.8 Å². The van der Waals surface area contributed by atoms with Crippen molar-refractivity contribution < 1.29 is 0 Å². The van der Waals surface area contributed by atoms with Crippen molar-refractivity contribution in [3.8, 4) is 0 Å². The third kappa shape index (κ3) is 1.84. The third-order valence-electron chi connectivity index (χ3n) is 3.47. The molecule has 2 heteroatoms. The Bertz CT molecular complexity index is 290. The van der Waals surface area contributed by atoms with Crippen LogP contribution in [0.5, 0.6) is 0 Å². The van der Waals surface area contributed by atoms with E-state index in [1.807, 2.05) is 0 Å². The van der Waals surface area contributed by atoms with E-state index in [1.165, 1.54) is 32.1 Å². The van der Waals surface area contributed by atoms with Crippen molar-refractivity contribution in [2.75, 3.05) is 0 Å². The molecule has 1 saturated carbocycles. The third-order valence-corrected chi connectivity index (χ3v) is 3.47. The van der Waals surface area contributed by atoms with Gasteiger partial charge in [0.15, 0.2) is 0 Å². The summed E-state index contributed by atoms with van der Waals surface area (Å²) >= 11 is 0. The first-order valence-corrected chi connectivity index (χ1v) is 5.83. The van der Waals surface area contributed by atoms with Crippen LogP contribution in [0.25, 0.3) is 0 Å². The van der Waals surface area contributed by atoms with Crippen LogP contribution < -0.4 is 0 Å². The minimum absolute atomic E-state index is 0.669. The summed E-state index contributed by atoms with van der Waals surface area (Å²) in [5, 5.41) is 4.55. The normalized spacial score (nSPS) is 27.9. The number of aryl methyl sites for hydroxylation is 1. The lowest BCUT2D eigenvalue weighted by Gasteiger charge is -2.30. The van der Waals surface area contributed by atoms with Crippen molar-refractivity contribution in [2.24, 2.45) is 5.92 Å². The lowest BCUT2D eigenvalue weighted by Crippen LogP contribution is -2.23. The van der Waals surface area contributed by atoms with E-state index in [2.05, 4.69) is 35.9 Å². The van der Waals surface area contributed by atoms with Gasteiger partial charge in [-0.2, -0.15) is 5.10 Å². The van der Waals surface area contributed by atoms with Gasteiger partial charge in [0.05, 0.1) is 11.7 Å². The second-order valence-corrected chi connectivity index (χ2v) is 4.46. The molecule has 2 unspecified atom stereocenters. The van der Waals surface area contributed by atoms with Crippen molar-refractivity contribution in [2.45, 2.75) is 52.0 Å². The monoisotopic (exact) mass is 192 g/mol. The quantitative estimate of drug-likeness (QED) is 0.702. The van der Waals surface area contributed by atoms with E-state index in [9.17, 15) is 0 Å². The zero-order valence-corrected chi connectivity index (χ0v) is 9.24. The summed E-state index contributed by atoms with van der Waals surface area (Å²) in [6.45, 7) is 4.37. The molecule has 2 nitrogen and oxygen atoms in total. The molecular weight excluding hydrogens is 172 g/mol. The summed E-state index contributed by atoms with van der Waals surface area (Å²) in [6.07, 6.45) is 8.94. The van der Waals surface area contributed by atoms with E-state index in [1.54, 1.807) is 0 Å². The number of aromatic nitrogens is 2. The van der Waals surface area contributed by atoms with E-state index < -0.39 is 0 Å². The maximum absolute atomic E-state index is 4.55. The topological polar surface area (TPSA) is 17.8 Å². The van der Waals surface area contributed by atoms with Crippen molar-refractivity contribution in [1.82, 2.24) is 9.78 Å². The molecule has 1 heterocycles. The summed E-state index contributed by atoms with van der Waals surface area (Å²) < 4.78 is 2.20. The summed E-state index contributed by atoms with van der Waals surface area (Å²) in [7, 11) is 0. The van der Waals surface area contributed by atoms with E-state index in [4.69, 9.17) is 0 Å². The predicted octanol–water partition coefficient (Wildman–Crippen LogP) is 3.33. The summed E-state index contributed by atoms with van der Waals surface area (Å²) in [5.74, 6) is 0.850. The molecule has 0 radical (unpaired) electrons. The highest BCUT2D eigenvalue weighted by Crippen LogP contribution is 2.35. The van der Waals surface area contributed by atoms with E-state index in [-0.39, 0.29) is 0 Å². The standard InChI is InChI=1S/C12H20N2/c1-3-11-6-4-5-7-12(11)14-9-8-10(2)13-14/h8-9,11-12H,3-7H2,1-2H3. The highest BCUT2D eigenvalue weighted by atomic mass is 15.3. The smallest absolute Gasteiger partial charge is 0.0593 e. The zero-order chi connectivity index (χ0) is 9.97. The largest absolute Gasteiger partial charge is 0.269 e. The van der Waals surface area contributed by atoms with Crippen molar-refractivity contribution in [3.05, 3.63) is 18.0 Å². The molecule has 0 amide bonds. The lowest BCUT2D eigenvalue weighted by molar-refractivity contribution is 0.217. The van der Waals surface area contributed by atoms with Crippen molar-refractivity contribution in [1.29, 1.82) is 0 Å². The van der Waals surface area contributed by atoms with Gasteiger partial charge in [0, 0.05) is 6.20 Å². The molecule has 1 aromatic heterocycles. The van der Waals surface area contributed by atoms with Gasteiger partial charge in [-0.1, -0.05) is 26.2 Å². The Morgan fingerprint density at radius 2 is 2.21 bits per heavy atom. The van der Waals surface area contributed by atoms with Gasteiger partial charge >= 0.3 is 0 Å². The van der Waals surface area contributed by atoms with Gasteiger partial charge in [0.1, 0.15) is 0 Å². The van der Waals surface area contributed by atoms with Crippen LogP contribution >= 0.6 is 0 Å². The lowest BCUT2D eigenvalue weighted by atomic mass is 9.83. The Labute approximate surface area is 86.3 Å². The van der Waals surface area contributed by atoms with Crippen LogP contribution in [-0.4, -0.2) is 9.78 Å². The average molecular weight is 192 g/mol. The summed E-state index contributed by atoms with van der Waals surface area (Å²) in [6, 6.07) is 2.78. The highest BCUT2D eigenvalue weighted by Gasteiger charge is 2.25. The van der Waals surface area contributed by atoms with Crippen LogP contribution in [0, 0.1) is 12.8 Å². The first kappa shape index (κ1) is 9.75. The van der Waals surface area contributed by atoms with Crippen LogP contribution in [-0.2, 0) is 0 Å². The van der Waals surface area contributed by atoms with Crippen LogP contribution in [0.3, 0.4) is 0 Å². The Hall–Kier alpha value is -0.790. The molecule has 1 fully saturated rings. The summed E-state index contributed by atoms with van der Waals surface area (Å²) in [5.41, 5.74) is 1.14. The molecule has 0 saturated heterocycles. The Kier molecular flexibility index (Phi) is 2.90. The molecule has 0 spiro atoms. The van der Waals surface area contributed by atoms with Gasteiger partial charge in [-0.25, -0.2) is 0 Å². The van der Waals surface area contributed by atoms with Crippen molar-refractivity contribution >= 4 is 0 Å². The highest BCUT2D eigenvalue weighted by molar-refractivity contribution is 4.97. The van der Waals surface area contributed by atoms with Crippen LogP contribution in [0.15, 0.2) is 12.3 Å². The molecule has 1 aromatic rings. The van der Waals surface area contributed by atoms with Crippen LogP contribution in [0.2, 0.25) is 0 Å². The number of rotatable bonds is 2. The van der Waals surface area contributed by atoms with E-state index in [0.717, 1.165) is 11.6 Å². The maximum Gasteiger partial charge on any atom is 0.0593 e. The fraction of sp³-hybridized carbons (Fsp3) is 0.750. The minimum atomic E-state index is 0.669. The molecule has 0 aliphatic heterocycles. The minimum Gasteiger partial charge on any atom is -0.269 e. The zero-order valence-electron chi connectivity index (χ0n) is 9.24. The molecule has 2 atom stereocenters. The van der Waals surface area contributed by atoms with Gasteiger partial charge in [-0.05, 0) is 31.7 Å². The molecule has 1 aliphatic carbocycles. The number of hydrogen-bond donors (Lipinski definition) is 0. The summed E-state index contributed by atoms with van der Waals surface area (Å²) in [4.78, 5) is 0. The van der Waals surface area contributed by atoms with Gasteiger partial charge in [0.2, 0.25) is 0 Å². The second kappa shape index (κ2) is 4.16. The van der Waals surface area contributed by atoms with Gasteiger partial charge in [0.25, 0.3) is 0 Å².